The van der Waals surface area contributed by atoms with E-state index in [-0.39, 0.29) is 24.2 Å². The minimum atomic E-state index is -1.29. The van der Waals surface area contributed by atoms with Gasteiger partial charge in [0.1, 0.15) is 23.0 Å². The van der Waals surface area contributed by atoms with Crippen LogP contribution in [0.5, 0.6) is 0 Å². The zero-order valence-electron chi connectivity index (χ0n) is 23.6. The average Bonchev–Trinajstić information content (AvgIpc) is 3.30. The third kappa shape index (κ3) is 6.71. The normalized spacial score (nSPS) is 37.4. The highest BCUT2D eigenvalue weighted by molar-refractivity contribution is 7.09. The van der Waals surface area contributed by atoms with Crippen molar-refractivity contribution in [2.24, 2.45) is 23.0 Å². The van der Waals surface area contributed by atoms with Gasteiger partial charge in [0.2, 0.25) is 0 Å². The average molecular weight is 553 g/mol. The number of esters is 1. The zero-order chi connectivity index (χ0) is 28.4. The van der Waals surface area contributed by atoms with Crippen LogP contribution in [-0.2, 0) is 30.3 Å². The molecule has 0 amide bonds. The van der Waals surface area contributed by atoms with Gasteiger partial charge in [-0.2, -0.15) is 0 Å². The Bertz CT molecular complexity index is 1020. The van der Waals surface area contributed by atoms with E-state index in [4.69, 9.17) is 19.9 Å². The van der Waals surface area contributed by atoms with Crippen LogP contribution in [0.2, 0.25) is 0 Å². The number of rotatable bonds is 4. The number of thiazole rings is 1. The molecule has 4 N–H and O–H groups in total. The third-order valence-electron chi connectivity index (χ3n) is 8.31. The predicted octanol–water partition coefficient (Wildman–Crippen LogP) is 3.25. The molecule has 214 valence electrons. The van der Waals surface area contributed by atoms with E-state index in [0.29, 0.717) is 17.8 Å². The van der Waals surface area contributed by atoms with Crippen molar-refractivity contribution in [3.63, 3.8) is 0 Å². The number of aromatic nitrogens is 1. The fourth-order valence-electron chi connectivity index (χ4n) is 5.44. The molecule has 10 heteroatoms. The topological polar surface area (TPSA) is 144 Å². The van der Waals surface area contributed by atoms with Crippen molar-refractivity contribution in [1.82, 2.24) is 4.98 Å². The summed E-state index contributed by atoms with van der Waals surface area (Å²) in [6.07, 6.45) is -0.136. The van der Waals surface area contributed by atoms with Crippen LogP contribution in [0.3, 0.4) is 0 Å². The summed E-state index contributed by atoms with van der Waals surface area (Å²) in [5.74, 6) is -1.75. The van der Waals surface area contributed by atoms with E-state index in [1.54, 1.807) is 27.9 Å². The molecule has 0 aromatic carbocycles. The van der Waals surface area contributed by atoms with Gasteiger partial charge in [0.25, 0.3) is 0 Å². The number of methoxy groups -OCH3 is 1. The van der Waals surface area contributed by atoms with Crippen molar-refractivity contribution in [3.8, 4) is 0 Å². The maximum atomic E-state index is 13.3. The number of fused-ring (bicyclic) bond motifs is 1. The molecule has 2 saturated heterocycles. The smallest absolute Gasteiger partial charge is 0.309 e. The van der Waals surface area contributed by atoms with Gasteiger partial charge in [-0.3, -0.25) is 9.59 Å². The Labute approximate surface area is 229 Å². The van der Waals surface area contributed by atoms with E-state index < -0.39 is 47.3 Å². The zero-order valence-corrected chi connectivity index (χ0v) is 24.4. The standard InChI is InChI=1S/C28H44N2O7S/c1-15-9-8-10-28(6)26(37-28)24(35-7)23(16(2)11-18-14-38-20(13-29)30-18)36-21(32)12-19(31)27(4,5)25(34)17(3)22(15)33/h11,14-15,17,19,22-24,26,31,33H,8-10,12-13,29H2,1-7H3/t15-,17+,19-,22-,23+,24?,26-,28+/m0/s1. The molecule has 1 aromatic rings. The van der Waals surface area contributed by atoms with Crippen molar-refractivity contribution < 1.29 is 34.0 Å². The van der Waals surface area contributed by atoms with Gasteiger partial charge in [-0.05, 0) is 44.3 Å². The van der Waals surface area contributed by atoms with Gasteiger partial charge in [0.15, 0.2) is 6.10 Å². The summed E-state index contributed by atoms with van der Waals surface area (Å²) < 4.78 is 17.9. The quantitative estimate of drug-likeness (QED) is 0.379. The van der Waals surface area contributed by atoms with E-state index in [1.807, 2.05) is 32.2 Å². The molecule has 0 spiro atoms. The Morgan fingerprint density at radius 1 is 1.29 bits per heavy atom. The second-order valence-electron chi connectivity index (χ2n) is 11.7. The highest BCUT2D eigenvalue weighted by atomic mass is 32.1. The lowest BCUT2D eigenvalue weighted by Gasteiger charge is -2.35. The molecule has 0 bridgehead atoms. The van der Waals surface area contributed by atoms with Gasteiger partial charge < -0.3 is 30.2 Å². The Morgan fingerprint density at radius 2 is 1.97 bits per heavy atom. The minimum absolute atomic E-state index is 0.117. The monoisotopic (exact) mass is 552 g/mol. The van der Waals surface area contributed by atoms with E-state index in [1.165, 1.54) is 11.3 Å². The van der Waals surface area contributed by atoms with Crippen LogP contribution >= 0.6 is 11.3 Å². The van der Waals surface area contributed by atoms with Crippen LogP contribution < -0.4 is 5.73 Å². The van der Waals surface area contributed by atoms with Gasteiger partial charge in [0.05, 0.1) is 35.3 Å². The number of nitrogens with zero attached hydrogens (tertiary/aromatic N) is 1. The number of aliphatic hydroxyl groups excluding tert-OH is 2. The summed E-state index contributed by atoms with van der Waals surface area (Å²) in [5, 5.41) is 24.5. The van der Waals surface area contributed by atoms with Crippen molar-refractivity contribution in [1.29, 1.82) is 0 Å². The lowest BCUT2D eigenvalue weighted by atomic mass is 9.73. The fraction of sp³-hybridized carbons (Fsp3) is 0.750. The molecule has 0 aliphatic carbocycles. The first-order chi connectivity index (χ1) is 17.7. The highest BCUT2D eigenvalue weighted by Gasteiger charge is 2.59. The first kappa shape index (κ1) is 30.8. The summed E-state index contributed by atoms with van der Waals surface area (Å²) in [4.78, 5) is 31.0. The Kier molecular flexibility index (Phi) is 9.92. The summed E-state index contributed by atoms with van der Waals surface area (Å²) in [6.45, 7) is 11.0. The van der Waals surface area contributed by atoms with Gasteiger partial charge in [-0.25, -0.2) is 4.98 Å². The lowest BCUT2D eigenvalue weighted by Crippen LogP contribution is -2.46. The number of hydrogen-bond acceptors (Lipinski definition) is 10. The van der Waals surface area contributed by atoms with E-state index >= 15 is 0 Å². The van der Waals surface area contributed by atoms with Crippen molar-refractivity contribution in [2.75, 3.05) is 7.11 Å². The molecule has 0 radical (unpaired) electrons. The lowest BCUT2D eigenvalue weighted by molar-refractivity contribution is -0.159. The van der Waals surface area contributed by atoms with Gasteiger partial charge in [0, 0.05) is 25.0 Å². The SMILES string of the molecule is COC1[C@@H](C(C)=Cc2csc(CN)n2)OC(=O)C[C@H](O)C(C)(C)C(=O)[C@H](C)[C@@H](O)[C@@H](C)CCC[C@@]2(C)O[C@@H]12. The van der Waals surface area contributed by atoms with Gasteiger partial charge in [-0.15, -0.1) is 11.3 Å². The number of hydrogen-bond donors (Lipinski definition) is 3. The van der Waals surface area contributed by atoms with Crippen LogP contribution in [-0.4, -0.2) is 70.2 Å². The number of cyclic esters (lactones) is 1. The molecule has 38 heavy (non-hydrogen) atoms. The first-order valence-electron chi connectivity index (χ1n) is 13.4. The number of nitrogens with two attached hydrogens (primary N) is 1. The molecular formula is C28H44N2O7S. The number of aliphatic hydroxyl groups is 2. The fourth-order valence-corrected chi connectivity index (χ4v) is 6.08. The molecule has 3 heterocycles. The Balaban J connectivity index is 1.95. The maximum Gasteiger partial charge on any atom is 0.309 e. The van der Waals surface area contributed by atoms with Gasteiger partial charge >= 0.3 is 5.97 Å². The third-order valence-corrected chi connectivity index (χ3v) is 9.20. The first-order valence-corrected chi connectivity index (χ1v) is 14.3. The number of carbonyl (C=O) groups excluding carboxylic acids is 2. The summed E-state index contributed by atoms with van der Waals surface area (Å²) in [5.41, 5.74) is 5.41. The molecule has 1 aromatic heterocycles. The summed E-state index contributed by atoms with van der Waals surface area (Å²) in [7, 11) is 1.56. The molecule has 1 unspecified atom stereocenters. The molecular weight excluding hydrogens is 508 g/mol. The number of ketones is 1. The number of Topliss-reactive ketones (excluding diaryl/α,β-unsaturated/α-hetero) is 1. The number of epoxide rings is 1. The summed E-state index contributed by atoms with van der Waals surface area (Å²) in [6, 6.07) is 0. The largest absolute Gasteiger partial charge is 0.455 e. The molecule has 2 fully saturated rings. The Hall–Kier alpha value is -1.69. The van der Waals surface area contributed by atoms with E-state index in [2.05, 4.69) is 4.98 Å². The molecule has 2 aliphatic heterocycles. The Morgan fingerprint density at radius 3 is 2.58 bits per heavy atom. The predicted molar refractivity (Wildman–Crippen MR) is 145 cm³/mol. The second-order valence-corrected chi connectivity index (χ2v) is 12.6. The van der Waals surface area contributed by atoms with Crippen molar-refractivity contribution in [2.45, 2.75) is 110 Å². The molecule has 3 rings (SSSR count). The van der Waals surface area contributed by atoms with Crippen molar-refractivity contribution in [3.05, 3.63) is 21.7 Å². The van der Waals surface area contributed by atoms with Crippen LogP contribution in [0.15, 0.2) is 11.0 Å². The molecule has 9 nitrogen and oxygen atoms in total. The maximum absolute atomic E-state index is 13.3. The molecule has 8 atom stereocenters. The summed E-state index contributed by atoms with van der Waals surface area (Å²) >= 11 is 1.45. The number of carbonyl (C=O) groups is 2. The molecule has 2 aliphatic rings. The van der Waals surface area contributed by atoms with Crippen LogP contribution in [0.25, 0.3) is 6.08 Å². The number of ether oxygens (including phenoxy) is 3. The molecule has 0 saturated carbocycles. The van der Waals surface area contributed by atoms with Crippen LogP contribution in [0, 0.1) is 17.3 Å². The van der Waals surface area contributed by atoms with Crippen LogP contribution in [0.4, 0.5) is 0 Å². The van der Waals surface area contributed by atoms with E-state index in [0.717, 1.165) is 24.3 Å². The van der Waals surface area contributed by atoms with Crippen LogP contribution in [0.1, 0.15) is 77.9 Å². The van der Waals surface area contributed by atoms with Crippen molar-refractivity contribution >= 4 is 29.2 Å². The van der Waals surface area contributed by atoms with E-state index in [9.17, 15) is 19.8 Å². The second kappa shape index (κ2) is 12.2. The minimum Gasteiger partial charge on any atom is -0.455 e. The van der Waals surface area contributed by atoms with Gasteiger partial charge in [-0.1, -0.05) is 34.1 Å². The highest BCUT2D eigenvalue weighted by Crippen LogP contribution is 2.46.